The van der Waals surface area contributed by atoms with E-state index < -0.39 is 0 Å². The van der Waals surface area contributed by atoms with Crippen LogP contribution in [0.4, 0.5) is 0 Å². The van der Waals surface area contributed by atoms with Crippen molar-refractivity contribution in [3.63, 3.8) is 0 Å². The summed E-state index contributed by atoms with van der Waals surface area (Å²) in [5.74, 6) is 2.64. The van der Waals surface area contributed by atoms with Gasteiger partial charge in [0.15, 0.2) is 0 Å². The Morgan fingerprint density at radius 1 is 1.23 bits per heavy atom. The molecule has 4 unspecified atom stereocenters. The SMILES string of the molecule is CC1C[C@]2(O)CC3CC(CC32)[C@@H]1N. The Bertz CT molecular complexity index is 242. The number of aliphatic hydroxyl groups is 1. The summed E-state index contributed by atoms with van der Waals surface area (Å²) in [5, 5.41) is 10.3. The van der Waals surface area contributed by atoms with Crippen LogP contribution in [0.2, 0.25) is 0 Å². The van der Waals surface area contributed by atoms with Crippen LogP contribution < -0.4 is 5.73 Å². The molecular formula is C11H19NO. The molecule has 3 fully saturated rings. The first-order valence-corrected chi connectivity index (χ1v) is 5.58. The molecule has 6 atom stereocenters. The van der Waals surface area contributed by atoms with Crippen molar-refractivity contribution in [2.45, 2.75) is 44.2 Å². The molecule has 74 valence electrons. The summed E-state index contributed by atoms with van der Waals surface area (Å²) in [4.78, 5) is 0. The number of hydrogen-bond acceptors (Lipinski definition) is 2. The van der Waals surface area contributed by atoms with Crippen LogP contribution in [-0.4, -0.2) is 16.7 Å². The third-order valence-corrected chi connectivity index (χ3v) is 4.91. The second kappa shape index (κ2) is 2.29. The molecule has 3 aliphatic rings. The van der Waals surface area contributed by atoms with Crippen LogP contribution in [-0.2, 0) is 0 Å². The van der Waals surface area contributed by atoms with Crippen LogP contribution in [0.1, 0.15) is 32.6 Å². The van der Waals surface area contributed by atoms with Crippen LogP contribution in [0.15, 0.2) is 0 Å². The van der Waals surface area contributed by atoms with Gasteiger partial charge in [0.05, 0.1) is 5.60 Å². The Kier molecular flexibility index (Phi) is 1.45. The maximum Gasteiger partial charge on any atom is 0.0684 e. The standard InChI is InChI=1S/C11H19NO/c1-6-4-11(13)5-8-2-7(10(6)12)3-9(8)11/h6-10,13H,2-5,12H2,1H3/t6?,7?,8?,9?,10-,11+/m1/s1. The van der Waals surface area contributed by atoms with Crippen molar-refractivity contribution in [1.29, 1.82) is 0 Å². The molecule has 0 heterocycles. The van der Waals surface area contributed by atoms with Crippen molar-refractivity contribution in [3.8, 4) is 0 Å². The molecule has 0 radical (unpaired) electrons. The normalized spacial score (nSPS) is 64.4. The van der Waals surface area contributed by atoms with Crippen LogP contribution >= 0.6 is 0 Å². The summed E-state index contributed by atoms with van der Waals surface area (Å²) in [7, 11) is 0. The zero-order chi connectivity index (χ0) is 9.22. The highest BCUT2D eigenvalue weighted by molar-refractivity contribution is 5.12. The maximum atomic E-state index is 10.3. The van der Waals surface area contributed by atoms with Gasteiger partial charge < -0.3 is 10.8 Å². The zero-order valence-electron chi connectivity index (χ0n) is 8.24. The van der Waals surface area contributed by atoms with E-state index in [2.05, 4.69) is 6.92 Å². The molecule has 0 spiro atoms. The molecule has 3 saturated carbocycles. The van der Waals surface area contributed by atoms with E-state index >= 15 is 0 Å². The molecule has 2 heteroatoms. The Balaban J connectivity index is 1.93. The lowest BCUT2D eigenvalue weighted by Gasteiger charge is -2.50. The largest absolute Gasteiger partial charge is 0.390 e. The fraction of sp³-hybridized carbons (Fsp3) is 1.00. The molecule has 0 aliphatic heterocycles. The van der Waals surface area contributed by atoms with Crippen molar-refractivity contribution >= 4 is 0 Å². The minimum atomic E-state index is -0.313. The number of fused-ring (bicyclic) bond motifs is 1. The smallest absolute Gasteiger partial charge is 0.0684 e. The van der Waals surface area contributed by atoms with Crippen LogP contribution in [0, 0.1) is 23.7 Å². The average molecular weight is 181 g/mol. The van der Waals surface area contributed by atoms with Gasteiger partial charge in [-0.3, -0.25) is 0 Å². The lowest BCUT2D eigenvalue weighted by molar-refractivity contribution is -0.137. The van der Waals surface area contributed by atoms with Gasteiger partial charge in [-0.15, -0.1) is 0 Å². The molecule has 2 nitrogen and oxygen atoms in total. The Morgan fingerprint density at radius 2 is 2.00 bits per heavy atom. The highest BCUT2D eigenvalue weighted by Gasteiger charge is 2.60. The van der Waals surface area contributed by atoms with Gasteiger partial charge in [0, 0.05) is 6.04 Å². The summed E-state index contributed by atoms with van der Waals surface area (Å²) < 4.78 is 0. The van der Waals surface area contributed by atoms with Gasteiger partial charge in [-0.05, 0) is 49.4 Å². The van der Waals surface area contributed by atoms with E-state index in [1.54, 1.807) is 0 Å². The molecule has 0 amide bonds. The van der Waals surface area contributed by atoms with Crippen molar-refractivity contribution in [2.24, 2.45) is 29.4 Å². The molecule has 0 saturated heterocycles. The van der Waals surface area contributed by atoms with Crippen molar-refractivity contribution in [2.75, 3.05) is 0 Å². The predicted octanol–water partition coefficient (Wildman–Crippen LogP) is 1.13. The first-order valence-electron chi connectivity index (χ1n) is 5.58. The third-order valence-electron chi connectivity index (χ3n) is 4.91. The fourth-order valence-electron chi connectivity index (χ4n) is 4.20. The topological polar surface area (TPSA) is 46.2 Å². The summed E-state index contributed by atoms with van der Waals surface area (Å²) >= 11 is 0. The second-order valence-electron chi connectivity index (χ2n) is 5.66. The van der Waals surface area contributed by atoms with Crippen LogP contribution in [0.3, 0.4) is 0 Å². The molecular weight excluding hydrogens is 162 g/mol. The van der Waals surface area contributed by atoms with Crippen LogP contribution in [0.25, 0.3) is 0 Å². The third kappa shape index (κ3) is 0.909. The van der Waals surface area contributed by atoms with Crippen molar-refractivity contribution < 1.29 is 5.11 Å². The average Bonchev–Trinajstić information content (AvgIpc) is 2.39. The monoisotopic (exact) mass is 181 g/mol. The summed E-state index contributed by atoms with van der Waals surface area (Å²) in [6, 6.07) is 0.349. The van der Waals surface area contributed by atoms with Gasteiger partial charge in [0.25, 0.3) is 0 Å². The quantitative estimate of drug-likeness (QED) is 0.588. The number of hydrogen-bond donors (Lipinski definition) is 2. The Labute approximate surface area is 79.5 Å². The fourth-order valence-corrected chi connectivity index (χ4v) is 4.20. The molecule has 3 aliphatic carbocycles. The van der Waals surface area contributed by atoms with Gasteiger partial charge in [0.1, 0.15) is 0 Å². The molecule has 3 N–H and O–H groups in total. The van der Waals surface area contributed by atoms with E-state index in [1.807, 2.05) is 0 Å². The maximum absolute atomic E-state index is 10.3. The lowest BCUT2D eigenvalue weighted by atomic mass is 9.59. The summed E-state index contributed by atoms with van der Waals surface area (Å²) in [6.45, 7) is 2.21. The molecule has 3 rings (SSSR count). The minimum Gasteiger partial charge on any atom is -0.390 e. The number of nitrogens with two attached hydrogens (primary N) is 1. The first-order chi connectivity index (χ1) is 6.10. The van der Waals surface area contributed by atoms with E-state index in [4.69, 9.17) is 5.73 Å². The summed E-state index contributed by atoms with van der Waals surface area (Å²) in [6.07, 6.45) is 4.50. The van der Waals surface area contributed by atoms with Gasteiger partial charge in [-0.25, -0.2) is 0 Å². The summed E-state index contributed by atoms with van der Waals surface area (Å²) in [5.41, 5.74) is 5.88. The molecule has 0 aromatic carbocycles. The minimum absolute atomic E-state index is 0.313. The zero-order valence-corrected chi connectivity index (χ0v) is 8.24. The van der Waals surface area contributed by atoms with E-state index in [-0.39, 0.29) is 5.60 Å². The Morgan fingerprint density at radius 3 is 2.77 bits per heavy atom. The van der Waals surface area contributed by atoms with E-state index in [0.29, 0.717) is 23.8 Å². The Hall–Kier alpha value is -0.0800. The molecule has 2 bridgehead atoms. The van der Waals surface area contributed by atoms with Crippen LogP contribution in [0.5, 0.6) is 0 Å². The molecule has 0 aromatic rings. The molecule has 0 aromatic heterocycles. The van der Waals surface area contributed by atoms with Gasteiger partial charge >= 0.3 is 0 Å². The first kappa shape index (κ1) is 8.25. The van der Waals surface area contributed by atoms with E-state index in [9.17, 15) is 5.11 Å². The number of rotatable bonds is 0. The van der Waals surface area contributed by atoms with E-state index in [1.165, 1.54) is 12.8 Å². The van der Waals surface area contributed by atoms with Gasteiger partial charge in [-0.2, -0.15) is 0 Å². The highest BCUT2D eigenvalue weighted by atomic mass is 16.3. The van der Waals surface area contributed by atoms with E-state index in [0.717, 1.165) is 18.8 Å². The molecule has 13 heavy (non-hydrogen) atoms. The lowest BCUT2D eigenvalue weighted by Crippen LogP contribution is -2.53. The van der Waals surface area contributed by atoms with Crippen molar-refractivity contribution in [1.82, 2.24) is 0 Å². The van der Waals surface area contributed by atoms with Crippen molar-refractivity contribution in [3.05, 3.63) is 0 Å². The van der Waals surface area contributed by atoms with Gasteiger partial charge in [0.2, 0.25) is 0 Å². The predicted molar refractivity (Wildman–Crippen MR) is 51.0 cm³/mol. The van der Waals surface area contributed by atoms with Gasteiger partial charge in [-0.1, -0.05) is 6.92 Å². The second-order valence-corrected chi connectivity index (χ2v) is 5.66. The highest BCUT2D eigenvalue weighted by Crippen LogP contribution is 2.61.